The normalized spacial score (nSPS) is 22.9. The van der Waals surface area contributed by atoms with E-state index in [2.05, 4.69) is 0 Å². The average Bonchev–Trinajstić information content (AvgIpc) is 3.48. The summed E-state index contributed by atoms with van der Waals surface area (Å²) in [4.78, 5) is 0. The predicted molar refractivity (Wildman–Crippen MR) is 105 cm³/mol. The molecule has 1 aliphatic rings. The van der Waals surface area contributed by atoms with Gasteiger partial charge < -0.3 is 17.7 Å². The van der Waals surface area contributed by atoms with Crippen LogP contribution >= 0.6 is 0 Å². The molecule has 0 radical (unpaired) electrons. The van der Waals surface area contributed by atoms with Crippen LogP contribution in [0.2, 0.25) is 0 Å². The topological polar surface area (TPSA) is 52.6 Å². The van der Waals surface area contributed by atoms with Gasteiger partial charge in [0.05, 0.1) is 0 Å². The number of fused-ring (bicyclic) bond motifs is 8. The molecule has 4 aromatic rings. The summed E-state index contributed by atoms with van der Waals surface area (Å²) < 4.78 is 23.3. The number of hydrogen-bond acceptors (Lipinski definition) is 4. The van der Waals surface area contributed by atoms with Crippen molar-refractivity contribution in [3.8, 4) is 0 Å². The third-order valence-corrected chi connectivity index (χ3v) is 4.26. The fraction of sp³-hybridized carbons (Fsp3) is 0. The fourth-order valence-electron chi connectivity index (χ4n) is 2.90. The van der Waals surface area contributed by atoms with Crippen LogP contribution in [0, 0.1) is 21.7 Å². The van der Waals surface area contributed by atoms with Crippen molar-refractivity contribution >= 4 is 24.3 Å². The van der Waals surface area contributed by atoms with Crippen molar-refractivity contribution in [1.29, 1.82) is 0 Å². The minimum atomic E-state index is 0.687. The molecule has 4 nitrogen and oxygen atoms in total. The van der Waals surface area contributed by atoms with E-state index in [4.69, 9.17) is 17.7 Å². The molecule has 0 atom stereocenters. The van der Waals surface area contributed by atoms with E-state index in [0.29, 0.717) is 21.7 Å². The first-order valence-electron chi connectivity index (χ1n) is 8.93. The molecule has 0 N–H and O–H groups in total. The van der Waals surface area contributed by atoms with Crippen LogP contribution in [0.4, 0.5) is 0 Å². The minimum Gasteiger partial charge on any atom is -0.453 e. The molecule has 5 rings (SSSR count). The Labute approximate surface area is 158 Å². The summed E-state index contributed by atoms with van der Waals surface area (Å²) in [5.41, 5.74) is 5.72. The molecular weight excluding hydrogens is 352 g/mol. The lowest BCUT2D eigenvalue weighted by molar-refractivity contribution is 0.448. The number of rotatable bonds is 0. The second kappa shape index (κ2) is 7.00. The molecule has 5 heterocycles. The molecule has 0 fully saturated rings. The van der Waals surface area contributed by atoms with Gasteiger partial charge in [0.15, 0.2) is 21.7 Å². The summed E-state index contributed by atoms with van der Waals surface area (Å²) in [5.74, 6) is 0. The van der Waals surface area contributed by atoms with Crippen molar-refractivity contribution in [2.75, 3.05) is 0 Å². The monoisotopic (exact) mass is 368 g/mol. The van der Waals surface area contributed by atoms with E-state index in [1.165, 1.54) is 0 Å². The second-order valence-electron chi connectivity index (χ2n) is 6.24. The number of furan rings is 4. The maximum absolute atomic E-state index is 5.82. The molecule has 1 aliphatic heterocycles. The van der Waals surface area contributed by atoms with Crippen molar-refractivity contribution in [3.05, 3.63) is 116 Å². The zero-order valence-electron chi connectivity index (χ0n) is 14.9. The van der Waals surface area contributed by atoms with Gasteiger partial charge in [0, 0.05) is 0 Å². The Hall–Kier alpha value is -3.92. The zero-order valence-corrected chi connectivity index (χ0v) is 14.9. The zero-order chi connectivity index (χ0) is 18.8. The maximum Gasteiger partial charge on any atom is 0.170 e. The highest BCUT2D eigenvalue weighted by molar-refractivity contribution is 5.44. The highest BCUT2D eigenvalue weighted by Crippen LogP contribution is 1.95. The molecule has 28 heavy (non-hydrogen) atoms. The van der Waals surface area contributed by atoms with Crippen LogP contribution in [-0.2, 0) is 0 Å². The van der Waals surface area contributed by atoms with Gasteiger partial charge in [-0.3, -0.25) is 0 Å². The van der Waals surface area contributed by atoms with Crippen LogP contribution in [-0.4, -0.2) is 0 Å². The van der Waals surface area contributed by atoms with E-state index in [-0.39, 0.29) is 0 Å². The van der Waals surface area contributed by atoms with Gasteiger partial charge in [0.25, 0.3) is 0 Å². The van der Waals surface area contributed by atoms with Gasteiger partial charge in [-0.05, 0) is 72.8 Å². The van der Waals surface area contributed by atoms with Crippen LogP contribution in [0.1, 0.15) is 0 Å². The standard InChI is InChI=1S/C24H16O4/c1-2-6-18-10-14-23(26-18)24-16-12-20(28-24)8-4-3-7-19-11-15-22(27-19)21-13-9-17(5-1)25-21/h1-16H/b2-1-,4-3-,5-1?,6-2?,7-3?,8-4?,17-5-,18-6-,19-7-,20-8-,22-21-,24-23-. The first kappa shape index (κ1) is 16.3. The fourth-order valence-corrected chi connectivity index (χ4v) is 2.90. The maximum atomic E-state index is 5.82. The summed E-state index contributed by atoms with van der Waals surface area (Å²) in [5, 5.41) is 0. The molecule has 0 amide bonds. The van der Waals surface area contributed by atoms with Crippen LogP contribution in [0.15, 0.2) is 90.5 Å². The Balaban J connectivity index is 1.74. The second-order valence-corrected chi connectivity index (χ2v) is 6.24. The molecule has 0 unspecified atom stereocenters. The first-order valence-corrected chi connectivity index (χ1v) is 8.93. The molecular formula is C24H16O4. The van der Waals surface area contributed by atoms with Gasteiger partial charge in [-0.15, -0.1) is 0 Å². The highest BCUT2D eigenvalue weighted by atomic mass is 16.4. The lowest BCUT2D eigenvalue weighted by Crippen LogP contribution is -1.92. The lowest BCUT2D eigenvalue weighted by atomic mass is 10.4. The van der Waals surface area contributed by atoms with Gasteiger partial charge >= 0.3 is 0 Å². The van der Waals surface area contributed by atoms with Gasteiger partial charge in [-0.1, -0.05) is 24.3 Å². The SMILES string of the molecule is C1=C\C=c2\cc/c(o2)=c2\cc/c(o2)=C/C=C\C=c2\cc/c(o2)=c2\cc/c(o2)=C/1. The van der Waals surface area contributed by atoms with E-state index in [1.54, 1.807) is 0 Å². The van der Waals surface area contributed by atoms with Crippen LogP contribution < -0.4 is 21.7 Å². The number of hydrogen-bond donors (Lipinski definition) is 0. The minimum absolute atomic E-state index is 0.687. The summed E-state index contributed by atoms with van der Waals surface area (Å²) in [6, 6.07) is 15.2. The Bertz CT molecular complexity index is 1370. The summed E-state index contributed by atoms with van der Waals surface area (Å²) in [7, 11) is 0. The van der Waals surface area contributed by atoms with Crippen LogP contribution in [0.5, 0.6) is 0 Å². The van der Waals surface area contributed by atoms with Crippen molar-refractivity contribution in [2.45, 2.75) is 0 Å². The summed E-state index contributed by atoms with van der Waals surface area (Å²) >= 11 is 0. The molecule has 4 heteroatoms. The van der Waals surface area contributed by atoms with E-state index in [0.717, 1.165) is 21.7 Å². The Kier molecular flexibility index (Phi) is 4.07. The molecule has 0 saturated carbocycles. The lowest BCUT2D eigenvalue weighted by Gasteiger charge is -1.78. The van der Waals surface area contributed by atoms with Crippen molar-refractivity contribution in [2.24, 2.45) is 0 Å². The Morgan fingerprint density at radius 3 is 0.821 bits per heavy atom. The largest absolute Gasteiger partial charge is 0.453 e. The van der Waals surface area contributed by atoms with Crippen molar-refractivity contribution in [1.82, 2.24) is 0 Å². The molecule has 8 bridgehead atoms. The smallest absolute Gasteiger partial charge is 0.170 e. The van der Waals surface area contributed by atoms with E-state index < -0.39 is 0 Å². The number of allylic oxidation sites excluding steroid dienone is 4. The molecule has 0 aromatic carbocycles. The Morgan fingerprint density at radius 1 is 0.321 bits per heavy atom. The first-order chi connectivity index (χ1) is 13.8. The van der Waals surface area contributed by atoms with E-state index in [1.807, 2.05) is 97.1 Å². The quantitative estimate of drug-likeness (QED) is 0.479. The van der Waals surface area contributed by atoms with Crippen LogP contribution in [0.3, 0.4) is 0 Å². The summed E-state index contributed by atoms with van der Waals surface area (Å²) in [6.07, 6.45) is 15.1. The van der Waals surface area contributed by atoms with Gasteiger partial charge in [-0.25, -0.2) is 0 Å². The average molecular weight is 368 g/mol. The molecule has 0 aliphatic carbocycles. The molecule has 136 valence electrons. The predicted octanol–water partition coefficient (Wildman–Crippen LogP) is 2.58. The van der Waals surface area contributed by atoms with Crippen LogP contribution in [0.25, 0.3) is 24.3 Å². The van der Waals surface area contributed by atoms with E-state index in [9.17, 15) is 0 Å². The van der Waals surface area contributed by atoms with Crippen molar-refractivity contribution < 1.29 is 17.7 Å². The molecule has 0 saturated heterocycles. The van der Waals surface area contributed by atoms with E-state index >= 15 is 0 Å². The third-order valence-electron chi connectivity index (χ3n) is 4.26. The highest BCUT2D eigenvalue weighted by Gasteiger charge is 1.93. The molecule has 4 aromatic heterocycles. The van der Waals surface area contributed by atoms with Crippen molar-refractivity contribution in [3.63, 3.8) is 0 Å². The Morgan fingerprint density at radius 2 is 0.571 bits per heavy atom. The van der Waals surface area contributed by atoms with Gasteiger partial charge in [-0.2, -0.15) is 0 Å². The molecule has 0 spiro atoms. The van der Waals surface area contributed by atoms with Gasteiger partial charge in [0.1, 0.15) is 21.7 Å². The summed E-state index contributed by atoms with van der Waals surface area (Å²) in [6.45, 7) is 0. The van der Waals surface area contributed by atoms with Gasteiger partial charge in [0.2, 0.25) is 0 Å². The third kappa shape index (κ3) is 3.35.